The molecule has 2 aromatic rings. The van der Waals surface area contributed by atoms with Gasteiger partial charge >= 0.3 is 0 Å². The van der Waals surface area contributed by atoms with E-state index in [0.29, 0.717) is 9.99 Å². The zero-order valence-electron chi connectivity index (χ0n) is 6.47. The predicted octanol–water partition coefficient (Wildman–Crippen LogP) is 4.38. The largest absolute Gasteiger partial charge is 0.206 e. The van der Waals surface area contributed by atoms with Gasteiger partial charge in [0.2, 0.25) is 0 Å². The van der Waals surface area contributed by atoms with Gasteiger partial charge in [-0.25, -0.2) is 4.39 Å². The molecule has 0 saturated carbocycles. The van der Waals surface area contributed by atoms with Gasteiger partial charge in [-0.1, -0.05) is 36.3 Å². The molecule has 0 aliphatic heterocycles. The molecule has 0 aliphatic rings. The first-order chi connectivity index (χ1) is 6.61. The molecule has 0 unspecified atom stereocenters. The number of nitrogens with zero attached hydrogens (tertiary/aromatic N) is 2. The van der Waals surface area contributed by atoms with Crippen LogP contribution in [0, 0.1) is 5.82 Å². The average molecular weight is 405 g/mol. The number of alkyl halides is 2. The first-order valence-corrected chi connectivity index (χ1v) is 6.89. The predicted molar refractivity (Wildman–Crippen MR) is 65.7 cm³/mol. The number of benzene rings is 1. The SMILES string of the molecule is Fc1cc(C(Br)Br)c2snnc2c1Br. The van der Waals surface area contributed by atoms with E-state index in [1.54, 1.807) is 0 Å². The Kier molecular flexibility index (Phi) is 3.21. The molecule has 1 heterocycles. The van der Waals surface area contributed by atoms with Crippen LogP contribution in [0.1, 0.15) is 9.30 Å². The smallest absolute Gasteiger partial charge is 0.140 e. The summed E-state index contributed by atoms with van der Waals surface area (Å²) in [5.41, 5.74) is 1.37. The minimum atomic E-state index is -0.330. The van der Waals surface area contributed by atoms with Gasteiger partial charge in [-0.3, -0.25) is 0 Å². The van der Waals surface area contributed by atoms with Gasteiger partial charge in [-0.2, -0.15) is 0 Å². The summed E-state index contributed by atoms with van der Waals surface area (Å²) in [4.78, 5) is 0. The molecular weight excluding hydrogens is 403 g/mol. The van der Waals surface area contributed by atoms with E-state index in [1.165, 1.54) is 17.6 Å². The van der Waals surface area contributed by atoms with Crippen molar-refractivity contribution in [3.05, 3.63) is 21.9 Å². The second-order valence-corrected chi connectivity index (χ2v) is 7.12. The van der Waals surface area contributed by atoms with Gasteiger partial charge in [0.05, 0.1) is 12.9 Å². The van der Waals surface area contributed by atoms with Crippen LogP contribution in [-0.4, -0.2) is 9.59 Å². The molecule has 7 heteroatoms. The van der Waals surface area contributed by atoms with Crippen LogP contribution in [0.3, 0.4) is 0 Å². The van der Waals surface area contributed by atoms with Crippen molar-refractivity contribution in [1.29, 1.82) is 0 Å². The molecule has 14 heavy (non-hydrogen) atoms. The van der Waals surface area contributed by atoms with E-state index in [1.807, 2.05) is 0 Å². The Labute approximate surface area is 108 Å². The lowest BCUT2D eigenvalue weighted by atomic mass is 10.2. The first-order valence-electron chi connectivity index (χ1n) is 3.49. The van der Waals surface area contributed by atoms with E-state index in [9.17, 15) is 4.39 Å². The van der Waals surface area contributed by atoms with E-state index in [4.69, 9.17) is 0 Å². The van der Waals surface area contributed by atoms with Crippen LogP contribution in [0.5, 0.6) is 0 Å². The molecule has 0 saturated heterocycles. The second-order valence-electron chi connectivity index (χ2n) is 2.51. The van der Waals surface area contributed by atoms with E-state index in [2.05, 4.69) is 57.4 Å². The quantitative estimate of drug-likeness (QED) is 0.659. The maximum absolute atomic E-state index is 13.4. The molecule has 74 valence electrons. The number of hydrogen-bond acceptors (Lipinski definition) is 3. The molecule has 0 aliphatic carbocycles. The monoisotopic (exact) mass is 402 g/mol. The van der Waals surface area contributed by atoms with E-state index in [-0.39, 0.29) is 9.55 Å². The molecule has 0 N–H and O–H groups in total. The highest BCUT2D eigenvalue weighted by Gasteiger charge is 2.16. The van der Waals surface area contributed by atoms with Gasteiger partial charge in [0.15, 0.2) is 0 Å². The lowest BCUT2D eigenvalue weighted by Gasteiger charge is -2.04. The standard InChI is InChI=1S/C7H2Br3FN2S/c8-4-3(11)1-2(7(9)10)6-5(4)12-13-14-6/h1,7H. The number of aromatic nitrogens is 2. The Hall–Kier alpha value is 0.410. The van der Waals surface area contributed by atoms with Crippen LogP contribution < -0.4 is 0 Å². The van der Waals surface area contributed by atoms with Crippen molar-refractivity contribution in [2.75, 3.05) is 0 Å². The molecule has 2 nitrogen and oxygen atoms in total. The third kappa shape index (κ3) is 1.75. The molecule has 0 atom stereocenters. The highest BCUT2D eigenvalue weighted by molar-refractivity contribution is 9.24. The van der Waals surface area contributed by atoms with Crippen molar-refractivity contribution in [2.24, 2.45) is 0 Å². The van der Waals surface area contributed by atoms with Gasteiger partial charge in [-0.15, -0.1) is 5.10 Å². The van der Waals surface area contributed by atoms with Crippen LogP contribution in [0.25, 0.3) is 10.2 Å². The Morgan fingerprint density at radius 3 is 2.79 bits per heavy atom. The fourth-order valence-electron chi connectivity index (χ4n) is 1.06. The highest BCUT2D eigenvalue weighted by atomic mass is 79.9. The number of fused-ring (bicyclic) bond motifs is 1. The van der Waals surface area contributed by atoms with Crippen molar-refractivity contribution < 1.29 is 4.39 Å². The van der Waals surface area contributed by atoms with Crippen molar-refractivity contribution in [3.8, 4) is 0 Å². The molecule has 0 amide bonds. The molecule has 0 bridgehead atoms. The Morgan fingerprint density at radius 2 is 2.14 bits per heavy atom. The highest BCUT2D eigenvalue weighted by Crippen LogP contribution is 2.39. The summed E-state index contributed by atoms with van der Waals surface area (Å²) in [5.74, 6) is -0.330. The summed E-state index contributed by atoms with van der Waals surface area (Å²) in [7, 11) is 0. The normalized spacial score (nSPS) is 11.5. The minimum Gasteiger partial charge on any atom is -0.206 e. The zero-order valence-corrected chi connectivity index (χ0v) is 12.0. The van der Waals surface area contributed by atoms with Crippen LogP contribution in [-0.2, 0) is 0 Å². The Balaban J connectivity index is 2.84. The third-order valence-corrected chi connectivity index (χ3v) is 4.20. The van der Waals surface area contributed by atoms with Crippen LogP contribution in [0.2, 0.25) is 0 Å². The zero-order chi connectivity index (χ0) is 10.3. The van der Waals surface area contributed by atoms with Gasteiger partial charge in [0, 0.05) is 5.56 Å². The molecule has 1 aromatic heterocycles. The van der Waals surface area contributed by atoms with Crippen molar-refractivity contribution in [3.63, 3.8) is 0 Å². The third-order valence-electron chi connectivity index (χ3n) is 1.69. The fourth-order valence-corrected chi connectivity index (χ4v) is 3.33. The summed E-state index contributed by atoms with van der Waals surface area (Å²) in [6.07, 6.45) is 0. The summed E-state index contributed by atoms with van der Waals surface area (Å²) < 4.78 is 18.3. The fraction of sp³-hybridized carbons (Fsp3) is 0.143. The number of rotatable bonds is 1. The van der Waals surface area contributed by atoms with E-state index >= 15 is 0 Å². The van der Waals surface area contributed by atoms with Gasteiger partial charge < -0.3 is 0 Å². The van der Waals surface area contributed by atoms with Crippen molar-refractivity contribution >= 4 is 69.5 Å². The lowest BCUT2D eigenvalue weighted by molar-refractivity contribution is 0.622. The molecule has 0 fully saturated rings. The topological polar surface area (TPSA) is 25.8 Å². The molecule has 0 radical (unpaired) electrons. The molecule has 1 aromatic carbocycles. The summed E-state index contributed by atoms with van der Waals surface area (Å²) in [6.45, 7) is 0. The Bertz CT molecular complexity index is 485. The molecule has 2 rings (SSSR count). The minimum absolute atomic E-state index is 0.0950. The van der Waals surface area contributed by atoms with Gasteiger partial charge in [-0.05, 0) is 33.5 Å². The van der Waals surface area contributed by atoms with Gasteiger partial charge in [0.25, 0.3) is 0 Å². The van der Waals surface area contributed by atoms with Crippen molar-refractivity contribution in [1.82, 2.24) is 9.59 Å². The number of halogens is 4. The Morgan fingerprint density at radius 1 is 1.43 bits per heavy atom. The molecule has 0 spiro atoms. The van der Waals surface area contributed by atoms with Gasteiger partial charge in [0.1, 0.15) is 11.3 Å². The molecular formula is C7H2Br3FN2S. The average Bonchev–Trinajstić information content (AvgIpc) is 2.59. The maximum Gasteiger partial charge on any atom is 0.140 e. The van der Waals surface area contributed by atoms with Crippen LogP contribution in [0.4, 0.5) is 4.39 Å². The lowest BCUT2D eigenvalue weighted by Crippen LogP contribution is -1.87. The number of hydrogen-bond donors (Lipinski definition) is 0. The van der Waals surface area contributed by atoms with Crippen LogP contribution >= 0.6 is 59.3 Å². The summed E-state index contributed by atoms with van der Waals surface area (Å²) >= 11 is 11.1. The van der Waals surface area contributed by atoms with E-state index < -0.39 is 0 Å². The summed E-state index contributed by atoms with van der Waals surface area (Å²) in [6, 6.07) is 1.46. The summed E-state index contributed by atoms with van der Waals surface area (Å²) in [5, 5.41) is 3.86. The second kappa shape index (κ2) is 4.11. The first kappa shape index (κ1) is 10.9. The van der Waals surface area contributed by atoms with Crippen molar-refractivity contribution in [2.45, 2.75) is 3.74 Å². The van der Waals surface area contributed by atoms with E-state index in [0.717, 1.165) is 10.3 Å². The van der Waals surface area contributed by atoms with Crippen LogP contribution in [0.15, 0.2) is 10.5 Å². The maximum atomic E-state index is 13.4.